The average molecular weight is 366 g/mol. The molecule has 0 aliphatic carbocycles. The molecule has 0 atom stereocenters. The Labute approximate surface area is 153 Å². The topological polar surface area (TPSA) is 93.5 Å². The minimum Gasteiger partial charge on any atom is -0.423 e. The van der Waals surface area contributed by atoms with Crippen LogP contribution in [0.2, 0.25) is 0 Å². The molecule has 0 aliphatic heterocycles. The maximum atomic E-state index is 12.0. The number of rotatable bonds is 5. The van der Waals surface area contributed by atoms with Crippen LogP contribution in [-0.2, 0) is 0 Å². The first-order valence-electron chi connectivity index (χ1n) is 7.63. The van der Waals surface area contributed by atoms with Crippen LogP contribution in [0.3, 0.4) is 0 Å². The van der Waals surface area contributed by atoms with Gasteiger partial charge in [-0.1, -0.05) is 22.7 Å². The highest BCUT2D eigenvalue weighted by atomic mass is 32.1. The number of aryl methyl sites for hydroxylation is 1. The summed E-state index contributed by atoms with van der Waals surface area (Å²) >= 11 is 1.01. The number of hydrogen-bond donors (Lipinski definition) is 1. The number of hydrogen-bond acceptors (Lipinski definition) is 7. The van der Waals surface area contributed by atoms with Gasteiger partial charge < -0.3 is 4.74 Å². The molecule has 8 heteroatoms. The smallest absolute Gasteiger partial charge is 0.343 e. The number of amides is 1. The van der Waals surface area contributed by atoms with Crippen molar-refractivity contribution in [2.45, 2.75) is 6.92 Å². The first kappa shape index (κ1) is 17.4. The lowest BCUT2D eigenvalue weighted by Crippen LogP contribution is -2.17. The van der Waals surface area contributed by atoms with Crippen LogP contribution in [0.15, 0.2) is 59.7 Å². The predicted octanol–water partition coefficient (Wildman–Crippen LogP) is 2.83. The largest absolute Gasteiger partial charge is 0.423 e. The zero-order chi connectivity index (χ0) is 18.4. The van der Waals surface area contributed by atoms with Gasteiger partial charge >= 0.3 is 5.97 Å². The molecule has 3 aromatic rings. The van der Waals surface area contributed by atoms with Crippen molar-refractivity contribution < 1.29 is 14.3 Å². The van der Waals surface area contributed by atoms with Gasteiger partial charge in [0.25, 0.3) is 5.91 Å². The summed E-state index contributed by atoms with van der Waals surface area (Å²) < 4.78 is 9.00. The van der Waals surface area contributed by atoms with Crippen molar-refractivity contribution in [3.8, 4) is 5.75 Å². The zero-order valence-corrected chi connectivity index (χ0v) is 14.6. The number of carbonyl (C=O) groups is 2. The number of aromatic nitrogens is 2. The van der Waals surface area contributed by atoms with Crippen molar-refractivity contribution in [2.24, 2.45) is 5.10 Å². The molecule has 130 valence electrons. The van der Waals surface area contributed by atoms with Gasteiger partial charge in [-0.05, 0) is 60.4 Å². The Kier molecular flexibility index (Phi) is 5.45. The highest BCUT2D eigenvalue weighted by Gasteiger charge is 2.11. The Balaban J connectivity index is 1.57. The molecule has 0 radical (unpaired) electrons. The third-order valence-corrected chi connectivity index (χ3v) is 4.16. The summed E-state index contributed by atoms with van der Waals surface area (Å²) in [5, 5.41) is 7.67. The molecule has 26 heavy (non-hydrogen) atoms. The number of esters is 1. The van der Waals surface area contributed by atoms with Gasteiger partial charge in [-0.3, -0.25) is 4.79 Å². The lowest BCUT2D eigenvalue weighted by Gasteiger charge is -2.04. The van der Waals surface area contributed by atoms with E-state index in [-0.39, 0.29) is 5.91 Å². The summed E-state index contributed by atoms with van der Waals surface area (Å²) in [7, 11) is 0. The molecule has 0 saturated heterocycles. The van der Waals surface area contributed by atoms with E-state index in [0.29, 0.717) is 21.9 Å². The van der Waals surface area contributed by atoms with E-state index in [1.807, 2.05) is 6.07 Å². The fourth-order valence-electron chi connectivity index (χ4n) is 2.02. The molecule has 2 aromatic carbocycles. The molecule has 7 nitrogen and oxygen atoms in total. The zero-order valence-electron chi connectivity index (χ0n) is 13.7. The third kappa shape index (κ3) is 4.37. The molecule has 1 heterocycles. The summed E-state index contributed by atoms with van der Waals surface area (Å²) in [5.41, 5.74) is 4.20. The SMILES string of the molecule is Cc1nnsc1C(=O)NN=Cc1ccc(OC(=O)c2ccccc2)cc1. The van der Waals surface area contributed by atoms with E-state index in [0.717, 1.165) is 17.1 Å². The quantitative estimate of drug-likeness (QED) is 0.324. The van der Waals surface area contributed by atoms with Crippen LogP contribution in [0.4, 0.5) is 0 Å². The Morgan fingerprint density at radius 3 is 2.50 bits per heavy atom. The minimum absolute atomic E-state index is 0.359. The average Bonchev–Trinajstić information content (AvgIpc) is 3.10. The van der Waals surface area contributed by atoms with Crippen molar-refractivity contribution in [2.75, 3.05) is 0 Å². The second-order valence-electron chi connectivity index (χ2n) is 5.21. The standard InChI is InChI=1S/C18H14N4O3S/c1-12-16(26-22-20-12)17(23)21-19-11-13-7-9-15(10-8-13)25-18(24)14-5-3-2-4-6-14/h2-11H,1H3,(H,21,23). The van der Waals surface area contributed by atoms with Crippen molar-refractivity contribution in [1.82, 2.24) is 15.0 Å². The van der Waals surface area contributed by atoms with Crippen LogP contribution in [-0.4, -0.2) is 27.7 Å². The van der Waals surface area contributed by atoms with Crippen LogP contribution in [0, 0.1) is 6.92 Å². The second kappa shape index (κ2) is 8.13. The molecule has 0 saturated carbocycles. The van der Waals surface area contributed by atoms with E-state index in [9.17, 15) is 9.59 Å². The Hall–Kier alpha value is -3.39. The van der Waals surface area contributed by atoms with E-state index in [2.05, 4.69) is 20.1 Å². The van der Waals surface area contributed by atoms with Crippen LogP contribution in [0.1, 0.15) is 31.3 Å². The van der Waals surface area contributed by atoms with E-state index < -0.39 is 5.97 Å². The molecule has 0 bridgehead atoms. The molecule has 0 spiro atoms. The molecular weight excluding hydrogens is 352 g/mol. The number of ether oxygens (including phenoxy) is 1. The monoisotopic (exact) mass is 366 g/mol. The first-order chi connectivity index (χ1) is 12.6. The van der Waals surface area contributed by atoms with Crippen molar-refractivity contribution in [3.63, 3.8) is 0 Å². The molecule has 0 aliphatic rings. The highest BCUT2D eigenvalue weighted by Crippen LogP contribution is 2.14. The fraction of sp³-hybridized carbons (Fsp3) is 0.0556. The van der Waals surface area contributed by atoms with Crippen LogP contribution in [0.25, 0.3) is 0 Å². The van der Waals surface area contributed by atoms with Crippen LogP contribution in [0.5, 0.6) is 5.75 Å². The number of nitrogens with one attached hydrogen (secondary N) is 1. The maximum absolute atomic E-state index is 12.0. The number of benzene rings is 2. The summed E-state index contributed by atoms with van der Waals surface area (Å²) in [4.78, 5) is 24.3. The molecule has 1 amide bonds. The maximum Gasteiger partial charge on any atom is 0.343 e. The highest BCUT2D eigenvalue weighted by molar-refractivity contribution is 7.07. The lowest BCUT2D eigenvalue weighted by atomic mass is 10.2. The Bertz CT molecular complexity index is 937. The predicted molar refractivity (Wildman–Crippen MR) is 97.5 cm³/mol. The van der Waals surface area contributed by atoms with E-state index in [1.165, 1.54) is 6.21 Å². The summed E-state index contributed by atoms with van der Waals surface area (Å²) in [6.45, 7) is 1.71. The minimum atomic E-state index is -0.423. The summed E-state index contributed by atoms with van der Waals surface area (Å²) in [6, 6.07) is 15.5. The molecule has 1 aromatic heterocycles. The van der Waals surface area contributed by atoms with E-state index >= 15 is 0 Å². The van der Waals surface area contributed by atoms with Gasteiger partial charge in [-0.2, -0.15) is 5.10 Å². The number of nitrogens with zero attached hydrogens (tertiary/aromatic N) is 3. The van der Waals surface area contributed by atoms with Gasteiger partial charge in [0.15, 0.2) is 0 Å². The van der Waals surface area contributed by atoms with Gasteiger partial charge in [0.2, 0.25) is 0 Å². The molecule has 0 fully saturated rings. The van der Waals surface area contributed by atoms with Gasteiger partial charge in [0.1, 0.15) is 10.6 Å². The van der Waals surface area contributed by atoms with E-state index in [1.54, 1.807) is 55.5 Å². The summed E-state index contributed by atoms with van der Waals surface area (Å²) in [5.74, 6) is -0.360. The Morgan fingerprint density at radius 1 is 1.12 bits per heavy atom. The third-order valence-electron chi connectivity index (χ3n) is 3.34. The lowest BCUT2D eigenvalue weighted by molar-refractivity contribution is 0.0734. The summed E-state index contributed by atoms with van der Waals surface area (Å²) in [6.07, 6.45) is 1.49. The van der Waals surface area contributed by atoms with Gasteiger partial charge in [0.05, 0.1) is 17.5 Å². The fourth-order valence-corrected chi connectivity index (χ4v) is 2.56. The van der Waals surface area contributed by atoms with Crippen LogP contribution < -0.4 is 10.2 Å². The van der Waals surface area contributed by atoms with E-state index in [4.69, 9.17) is 4.74 Å². The van der Waals surface area contributed by atoms with Crippen molar-refractivity contribution >= 4 is 29.6 Å². The van der Waals surface area contributed by atoms with Gasteiger partial charge in [-0.15, -0.1) is 5.10 Å². The normalized spacial score (nSPS) is 10.7. The van der Waals surface area contributed by atoms with Gasteiger partial charge in [-0.25, -0.2) is 10.2 Å². The van der Waals surface area contributed by atoms with Crippen molar-refractivity contribution in [1.29, 1.82) is 0 Å². The number of hydrazone groups is 1. The van der Waals surface area contributed by atoms with Crippen molar-refractivity contribution in [3.05, 3.63) is 76.3 Å². The first-order valence-corrected chi connectivity index (χ1v) is 8.40. The van der Waals surface area contributed by atoms with Gasteiger partial charge in [0, 0.05) is 0 Å². The second-order valence-corrected chi connectivity index (χ2v) is 5.97. The Morgan fingerprint density at radius 2 is 1.85 bits per heavy atom. The number of carbonyl (C=O) groups excluding carboxylic acids is 2. The molecular formula is C18H14N4O3S. The molecule has 3 rings (SSSR count). The van der Waals surface area contributed by atoms with Crippen LogP contribution >= 0.6 is 11.5 Å². The molecule has 1 N–H and O–H groups in total. The molecule has 0 unspecified atom stereocenters.